The predicted octanol–water partition coefficient (Wildman–Crippen LogP) is 1.26. The lowest BCUT2D eigenvalue weighted by atomic mass is 10.0. The summed E-state index contributed by atoms with van der Waals surface area (Å²) in [6, 6.07) is 17.4. The molecule has 0 aliphatic rings. The summed E-state index contributed by atoms with van der Waals surface area (Å²) in [5.41, 5.74) is 14.2. The minimum atomic E-state index is -1.42. The van der Waals surface area contributed by atoms with E-state index in [1.165, 1.54) is 72.8 Å². The van der Waals surface area contributed by atoms with Crippen molar-refractivity contribution in [3.63, 3.8) is 0 Å². The van der Waals surface area contributed by atoms with Gasteiger partial charge in [0.25, 0.3) is 0 Å². The number of phenols is 4. The molecule has 16 heteroatoms. The topological polar surface area (TPSA) is 287 Å². The largest absolute Gasteiger partial charge is 0.508 e. The first-order valence-corrected chi connectivity index (χ1v) is 18.7. The first kappa shape index (κ1) is 44.1. The molecule has 0 unspecified atom stereocenters. The number of carbonyl (C=O) groups is 5. The first-order chi connectivity index (χ1) is 27.7. The minimum absolute atomic E-state index is 0.0118. The SMILES string of the molecule is NCCCC[C@H](NC(=O)[C@H](Cc1ccc(O)cc1)NC(=O)[C@@H](N)Cc1ccc(O)cc1)C(=O)N[C@@H](Cc1ccc(O)cc1)C(=O)N[C@@H](Cc1ccc(O)cc1)C(=O)O. The lowest BCUT2D eigenvalue weighted by molar-refractivity contribution is -0.142. The molecular formula is C42H50N6O10. The van der Waals surface area contributed by atoms with Crippen LogP contribution >= 0.6 is 0 Å². The van der Waals surface area contributed by atoms with Crippen LogP contribution < -0.4 is 32.7 Å². The number of benzene rings is 4. The average Bonchev–Trinajstić information content (AvgIpc) is 3.19. The summed E-state index contributed by atoms with van der Waals surface area (Å²) < 4.78 is 0. The third-order valence-corrected chi connectivity index (χ3v) is 9.32. The molecule has 0 aromatic heterocycles. The van der Waals surface area contributed by atoms with Gasteiger partial charge in [-0.15, -0.1) is 0 Å². The van der Waals surface area contributed by atoms with E-state index in [1.54, 1.807) is 24.3 Å². The Kier molecular flexibility index (Phi) is 16.4. The number of amides is 4. The molecule has 0 saturated carbocycles. The van der Waals surface area contributed by atoms with Crippen LogP contribution in [0.4, 0.5) is 0 Å². The lowest BCUT2D eigenvalue weighted by Crippen LogP contribution is -2.59. The summed E-state index contributed by atoms with van der Waals surface area (Å²) in [5, 5.41) is 59.4. The second kappa shape index (κ2) is 21.6. The van der Waals surface area contributed by atoms with E-state index >= 15 is 0 Å². The van der Waals surface area contributed by atoms with Gasteiger partial charge in [-0.3, -0.25) is 19.2 Å². The zero-order chi connectivity index (χ0) is 42.2. The van der Waals surface area contributed by atoms with Crippen LogP contribution in [0.15, 0.2) is 97.1 Å². The molecule has 0 spiro atoms. The molecular weight excluding hydrogens is 748 g/mol. The van der Waals surface area contributed by atoms with Gasteiger partial charge in [0.1, 0.15) is 47.2 Å². The molecule has 0 bridgehead atoms. The highest BCUT2D eigenvalue weighted by atomic mass is 16.4. The smallest absolute Gasteiger partial charge is 0.326 e. The number of phenolic OH excluding ortho intramolecular Hbond substituents is 4. The van der Waals surface area contributed by atoms with Gasteiger partial charge in [-0.1, -0.05) is 48.5 Å². The van der Waals surface area contributed by atoms with Crippen LogP contribution in [0.1, 0.15) is 41.5 Å². The van der Waals surface area contributed by atoms with Gasteiger partial charge in [0, 0.05) is 19.3 Å². The summed E-state index contributed by atoms with van der Waals surface area (Å²) >= 11 is 0. The lowest BCUT2D eigenvalue weighted by Gasteiger charge is -2.27. The summed E-state index contributed by atoms with van der Waals surface area (Å²) in [6.45, 7) is 0.296. The van der Waals surface area contributed by atoms with Crippen LogP contribution in [-0.2, 0) is 49.7 Å². The Balaban J connectivity index is 1.57. The van der Waals surface area contributed by atoms with Gasteiger partial charge in [-0.05, 0) is 103 Å². The van der Waals surface area contributed by atoms with Crippen molar-refractivity contribution >= 4 is 29.6 Å². The Hall–Kier alpha value is -6.65. The number of carbonyl (C=O) groups excluding carboxylic acids is 4. The summed E-state index contributed by atoms with van der Waals surface area (Å²) in [5.74, 6) is -4.38. The van der Waals surface area contributed by atoms with Crippen LogP contribution in [0.3, 0.4) is 0 Å². The zero-order valence-corrected chi connectivity index (χ0v) is 31.7. The number of carboxylic acid groups (broad SMARTS) is 1. The highest BCUT2D eigenvalue weighted by Crippen LogP contribution is 2.16. The maximum Gasteiger partial charge on any atom is 0.326 e. The van der Waals surface area contributed by atoms with Gasteiger partial charge in [0.05, 0.1) is 6.04 Å². The van der Waals surface area contributed by atoms with Crippen molar-refractivity contribution in [2.45, 2.75) is 75.2 Å². The van der Waals surface area contributed by atoms with Gasteiger partial charge in [-0.2, -0.15) is 0 Å². The number of hydrogen-bond acceptors (Lipinski definition) is 11. The number of unbranched alkanes of at least 4 members (excludes halogenated alkanes) is 1. The molecule has 0 aliphatic carbocycles. The summed E-state index contributed by atoms with van der Waals surface area (Å²) in [6.07, 6.45) is 0.757. The molecule has 58 heavy (non-hydrogen) atoms. The fourth-order valence-electron chi connectivity index (χ4n) is 6.06. The molecule has 0 heterocycles. The molecule has 16 nitrogen and oxygen atoms in total. The van der Waals surface area contributed by atoms with E-state index < -0.39 is 59.8 Å². The van der Waals surface area contributed by atoms with Gasteiger partial charge in [0.15, 0.2) is 0 Å². The van der Waals surface area contributed by atoms with Crippen molar-refractivity contribution < 1.29 is 49.5 Å². The Morgan fingerprint density at radius 3 is 1.14 bits per heavy atom. The molecule has 0 aliphatic heterocycles. The van der Waals surface area contributed by atoms with Crippen LogP contribution in [0, 0.1) is 0 Å². The molecule has 13 N–H and O–H groups in total. The van der Waals surface area contributed by atoms with Gasteiger partial charge in [0.2, 0.25) is 23.6 Å². The highest BCUT2D eigenvalue weighted by Gasteiger charge is 2.32. The normalized spacial score (nSPS) is 13.6. The number of aromatic hydroxyl groups is 4. The van der Waals surface area contributed by atoms with Crippen LogP contribution in [-0.4, -0.2) is 91.9 Å². The average molecular weight is 799 g/mol. The monoisotopic (exact) mass is 798 g/mol. The molecule has 4 amide bonds. The van der Waals surface area contributed by atoms with Crippen molar-refractivity contribution in [2.75, 3.05) is 6.54 Å². The molecule has 4 rings (SSSR count). The van der Waals surface area contributed by atoms with Gasteiger partial charge < -0.3 is 58.3 Å². The molecule has 4 aromatic carbocycles. The second-order valence-electron chi connectivity index (χ2n) is 14.0. The Morgan fingerprint density at radius 1 is 0.448 bits per heavy atom. The van der Waals surface area contributed by atoms with Crippen LogP contribution in [0.25, 0.3) is 0 Å². The van der Waals surface area contributed by atoms with Crippen molar-refractivity contribution in [1.29, 1.82) is 0 Å². The zero-order valence-electron chi connectivity index (χ0n) is 31.7. The van der Waals surface area contributed by atoms with E-state index in [9.17, 15) is 49.5 Å². The van der Waals surface area contributed by atoms with E-state index in [4.69, 9.17) is 11.5 Å². The fraction of sp³-hybridized carbons (Fsp3) is 0.310. The van der Waals surface area contributed by atoms with Crippen molar-refractivity contribution in [1.82, 2.24) is 21.3 Å². The van der Waals surface area contributed by atoms with E-state index in [1.807, 2.05) is 0 Å². The van der Waals surface area contributed by atoms with E-state index in [-0.39, 0.29) is 55.1 Å². The van der Waals surface area contributed by atoms with Crippen molar-refractivity contribution in [3.8, 4) is 23.0 Å². The molecule has 0 fully saturated rings. The molecule has 308 valence electrons. The maximum absolute atomic E-state index is 14.1. The standard InChI is InChI=1S/C42H50N6O10/c43-20-2-1-3-34(45-40(55)35(22-26-6-14-30(50)15-7-26)46-38(53)33(44)21-25-4-12-29(49)13-5-25)39(54)47-36(23-27-8-16-31(51)17-9-27)41(56)48-37(42(57)58)24-28-10-18-32(52)19-11-28/h4-19,33-37,49-52H,1-3,20-24,43-44H2,(H,45,55)(H,46,53)(H,47,54)(H,48,56)(H,57,58)/t33-,34-,35-,36-,37-/m0/s1. The molecule has 5 atom stereocenters. The Morgan fingerprint density at radius 2 is 0.759 bits per heavy atom. The highest BCUT2D eigenvalue weighted by molar-refractivity contribution is 5.95. The van der Waals surface area contributed by atoms with E-state index in [2.05, 4.69) is 21.3 Å². The molecule has 4 aromatic rings. The van der Waals surface area contributed by atoms with Crippen LogP contribution in [0.5, 0.6) is 23.0 Å². The minimum Gasteiger partial charge on any atom is -0.508 e. The summed E-state index contributed by atoms with van der Waals surface area (Å²) in [7, 11) is 0. The second-order valence-corrected chi connectivity index (χ2v) is 14.0. The molecule has 0 radical (unpaired) electrons. The van der Waals surface area contributed by atoms with Crippen molar-refractivity contribution in [3.05, 3.63) is 119 Å². The predicted molar refractivity (Wildman–Crippen MR) is 213 cm³/mol. The quantitative estimate of drug-likeness (QED) is 0.0532. The van der Waals surface area contributed by atoms with Crippen LogP contribution in [0.2, 0.25) is 0 Å². The number of nitrogens with two attached hydrogens (primary N) is 2. The van der Waals surface area contributed by atoms with E-state index in [0.717, 1.165) is 0 Å². The van der Waals surface area contributed by atoms with Gasteiger partial charge in [-0.25, -0.2) is 4.79 Å². The number of rotatable bonds is 21. The Labute approximate surface area is 335 Å². The number of hydrogen-bond donors (Lipinski definition) is 11. The number of nitrogens with one attached hydrogen (secondary N) is 4. The Bertz CT molecular complexity index is 1980. The number of aliphatic carboxylic acids is 1. The fourth-order valence-corrected chi connectivity index (χ4v) is 6.06. The van der Waals surface area contributed by atoms with E-state index in [0.29, 0.717) is 41.6 Å². The van der Waals surface area contributed by atoms with Crippen molar-refractivity contribution in [2.24, 2.45) is 11.5 Å². The van der Waals surface area contributed by atoms with Gasteiger partial charge >= 0.3 is 5.97 Å². The first-order valence-electron chi connectivity index (χ1n) is 18.7. The molecule has 0 saturated heterocycles. The summed E-state index contributed by atoms with van der Waals surface area (Å²) in [4.78, 5) is 67.6. The third kappa shape index (κ3) is 14.1. The number of carboxylic acids is 1. The third-order valence-electron chi connectivity index (χ3n) is 9.32. The maximum atomic E-state index is 14.1.